The molecule has 0 amide bonds. The zero-order valence-electron chi connectivity index (χ0n) is 15.1. The number of ether oxygens (including phenoxy) is 1. The second-order valence-corrected chi connectivity index (χ2v) is 6.50. The van der Waals surface area contributed by atoms with E-state index in [1.807, 2.05) is 38.2 Å². The number of piperidine rings is 1. The number of benzene rings is 1. The van der Waals surface area contributed by atoms with Crippen LogP contribution in [0.15, 0.2) is 24.3 Å². The average Bonchev–Trinajstić information content (AvgIpc) is 2.93. The Balaban J connectivity index is 1.54. The molecule has 0 spiro atoms. The fourth-order valence-corrected chi connectivity index (χ4v) is 3.47. The Morgan fingerprint density at radius 1 is 1.28 bits per heavy atom. The van der Waals surface area contributed by atoms with Crippen LogP contribution in [0, 0.1) is 18.3 Å². The van der Waals surface area contributed by atoms with Crippen LogP contribution in [0.5, 0.6) is 5.88 Å². The maximum atomic E-state index is 8.90. The van der Waals surface area contributed by atoms with Gasteiger partial charge >= 0.3 is 0 Å². The smallest absolute Gasteiger partial charge is 0.216 e. The van der Waals surface area contributed by atoms with E-state index >= 15 is 0 Å². The van der Waals surface area contributed by atoms with Crippen LogP contribution in [0.25, 0.3) is 0 Å². The standard InChI is InChI=1S/C19H25N5O/c1-14-18(19(25-3)23(2)22-14)13-21-16-8-10-24(11-9-16)17-6-4-15(12-20)5-7-17/h4-7,16,21H,8-11,13H2,1-3H3. The molecule has 1 N–H and O–H groups in total. The molecule has 1 aromatic heterocycles. The summed E-state index contributed by atoms with van der Waals surface area (Å²) in [5.41, 5.74) is 4.06. The summed E-state index contributed by atoms with van der Waals surface area (Å²) < 4.78 is 7.25. The molecule has 1 aliphatic heterocycles. The second kappa shape index (κ2) is 7.58. The van der Waals surface area contributed by atoms with Crippen molar-refractivity contribution in [2.24, 2.45) is 7.05 Å². The SMILES string of the molecule is COc1c(CNC2CCN(c3ccc(C#N)cc3)CC2)c(C)nn1C. The number of rotatable bonds is 5. The number of aromatic nitrogens is 2. The number of anilines is 1. The summed E-state index contributed by atoms with van der Waals surface area (Å²) in [6.07, 6.45) is 2.20. The molecule has 0 bridgehead atoms. The highest BCUT2D eigenvalue weighted by molar-refractivity contribution is 5.50. The van der Waals surface area contributed by atoms with Crippen LogP contribution >= 0.6 is 0 Å². The summed E-state index contributed by atoms with van der Waals surface area (Å²) >= 11 is 0. The van der Waals surface area contributed by atoms with Crippen LogP contribution < -0.4 is 15.0 Å². The highest BCUT2D eigenvalue weighted by Crippen LogP contribution is 2.23. The molecule has 132 valence electrons. The number of nitrogens with one attached hydrogen (secondary N) is 1. The van der Waals surface area contributed by atoms with Crippen LogP contribution in [0.3, 0.4) is 0 Å². The molecular formula is C19H25N5O. The number of methoxy groups -OCH3 is 1. The number of nitrogens with zero attached hydrogens (tertiary/aromatic N) is 4. The summed E-state index contributed by atoms with van der Waals surface area (Å²) in [4.78, 5) is 2.38. The third kappa shape index (κ3) is 3.77. The fourth-order valence-electron chi connectivity index (χ4n) is 3.47. The monoisotopic (exact) mass is 339 g/mol. The van der Waals surface area contributed by atoms with Crippen molar-refractivity contribution in [3.63, 3.8) is 0 Å². The topological polar surface area (TPSA) is 66.1 Å². The van der Waals surface area contributed by atoms with Crippen molar-refractivity contribution in [1.29, 1.82) is 5.26 Å². The first kappa shape index (κ1) is 17.3. The fraction of sp³-hybridized carbons (Fsp3) is 0.474. The Labute approximate surface area is 149 Å². The lowest BCUT2D eigenvalue weighted by Crippen LogP contribution is -2.42. The minimum absolute atomic E-state index is 0.499. The molecule has 0 unspecified atom stereocenters. The van der Waals surface area contributed by atoms with E-state index in [1.165, 1.54) is 5.69 Å². The molecule has 6 heteroatoms. The van der Waals surface area contributed by atoms with Gasteiger partial charge in [-0.25, -0.2) is 4.68 Å². The second-order valence-electron chi connectivity index (χ2n) is 6.50. The summed E-state index contributed by atoms with van der Waals surface area (Å²) in [6, 6.07) is 10.5. The van der Waals surface area contributed by atoms with E-state index in [1.54, 1.807) is 11.8 Å². The van der Waals surface area contributed by atoms with E-state index in [9.17, 15) is 0 Å². The molecule has 0 saturated carbocycles. The largest absolute Gasteiger partial charge is 0.481 e. The lowest BCUT2D eigenvalue weighted by Gasteiger charge is -2.34. The molecule has 0 aliphatic carbocycles. The maximum absolute atomic E-state index is 8.90. The van der Waals surface area contributed by atoms with Crippen molar-refractivity contribution in [2.75, 3.05) is 25.1 Å². The van der Waals surface area contributed by atoms with Crippen molar-refractivity contribution in [1.82, 2.24) is 15.1 Å². The first-order valence-corrected chi connectivity index (χ1v) is 8.67. The quantitative estimate of drug-likeness (QED) is 0.906. The van der Waals surface area contributed by atoms with Gasteiger partial charge in [-0.3, -0.25) is 0 Å². The van der Waals surface area contributed by atoms with Crippen molar-refractivity contribution in [3.05, 3.63) is 41.1 Å². The van der Waals surface area contributed by atoms with Gasteiger partial charge in [0, 0.05) is 38.4 Å². The molecule has 1 aliphatic rings. The number of hydrogen-bond acceptors (Lipinski definition) is 5. The third-order valence-electron chi connectivity index (χ3n) is 4.91. The van der Waals surface area contributed by atoms with Gasteiger partial charge in [-0.1, -0.05) is 0 Å². The zero-order valence-corrected chi connectivity index (χ0v) is 15.1. The van der Waals surface area contributed by atoms with E-state index in [0.717, 1.165) is 49.6 Å². The molecule has 2 aromatic rings. The predicted octanol–water partition coefficient (Wildman–Crippen LogP) is 2.37. The van der Waals surface area contributed by atoms with Gasteiger partial charge in [0.15, 0.2) is 0 Å². The Kier molecular flexibility index (Phi) is 5.25. The molecule has 0 atom stereocenters. The van der Waals surface area contributed by atoms with Gasteiger partial charge in [-0.15, -0.1) is 0 Å². The lowest BCUT2D eigenvalue weighted by atomic mass is 10.0. The Hall–Kier alpha value is -2.52. The highest BCUT2D eigenvalue weighted by atomic mass is 16.5. The van der Waals surface area contributed by atoms with Gasteiger partial charge < -0.3 is 15.0 Å². The minimum atomic E-state index is 0.499. The number of aryl methyl sites for hydroxylation is 2. The van der Waals surface area contributed by atoms with E-state index in [2.05, 4.69) is 21.4 Å². The molecule has 3 rings (SSSR count). The molecule has 1 saturated heterocycles. The number of nitriles is 1. The van der Waals surface area contributed by atoms with Crippen LogP contribution in [0.1, 0.15) is 29.7 Å². The van der Waals surface area contributed by atoms with Crippen LogP contribution in [0.2, 0.25) is 0 Å². The number of hydrogen-bond donors (Lipinski definition) is 1. The van der Waals surface area contributed by atoms with E-state index < -0.39 is 0 Å². The summed E-state index contributed by atoms with van der Waals surface area (Å²) in [5, 5.41) is 17.0. The van der Waals surface area contributed by atoms with Gasteiger partial charge in [0.2, 0.25) is 5.88 Å². The zero-order chi connectivity index (χ0) is 17.8. The molecule has 25 heavy (non-hydrogen) atoms. The molecule has 1 aromatic carbocycles. The van der Waals surface area contributed by atoms with Crippen LogP contribution in [-0.4, -0.2) is 36.0 Å². The summed E-state index contributed by atoms with van der Waals surface area (Å²) in [6.45, 7) is 4.84. The van der Waals surface area contributed by atoms with Crippen molar-refractivity contribution in [2.45, 2.75) is 32.4 Å². The molecule has 2 heterocycles. The van der Waals surface area contributed by atoms with Crippen molar-refractivity contribution in [3.8, 4) is 11.9 Å². The summed E-state index contributed by atoms with van der Waals surface area (Å²) in [7, 11) is 3.60. The van der Waals surface area contributed by atoms with Gasteiger partial charge in [0.25, 0.3) is 0 Å². The van der Waals surface area contributed by atoms with E-state index in [4.69, 9.17) is 10.00 Å². The third-order valence-corrected chi connectivity index (χ3v) is 4.91. The maximum Gasteiger partial charge on any atom is 0.216 e. The first-order valence-electron chi connectivity index (χ1n) is 8.67. The lowest BCUT2D eigenvalue weighted by molar-refractivity contribution is 0.362. The normalized spacial score (nSPS) is 15.2. The van der Waals surface area contributed by atoms with Gasteiger partial charge in [-0.05, 0) is 44.0 Å². The predicted molar refractivity (Wildman–Crippen MR) is 97.7 cm³/mol. The highest BCUT2D eigenvalue weighted by Gasteiger charge is 2.21. The Morgan fingerprint density at radius 2 is 1.96 bits per heavy atom. The summed E-state index contributed by atoms with van der Waals surface area (Å²) in [5.74, 6) is 0.833. The Morgan fingerprint density at radius 3 is 2.56 bits per heavy atom. The Bertz CT molecular complexity index is 751. The molecule has 6 nitrogen and oxygen atoms in total. The van der Waals surface area contributed by atoms with Gasteiger partial charge in [-0.2, -0.15) is 10.4 Å². The van der Waals surface area contributed by atoms with Crippen molar-refractivity contribution < 1.29 is 4.74 Å². The molecule has 1 fully saturated rings. The molecular weight excluding hydrogens is 314 g/mol. The van der Waals surface area contributed by atoms with Gasteiger partial charge in [0.05, 0.1) is 30.0 Å². The first-order chi connectivity index (χ1) is 12.1. The minimum Gasteiger partial charge on any atom is -0.481 e. The van der Waals surface area contributed by atoms with Crippen LogP contribution in [0.4, 0.5) is 5.69 Å². The van der Waals surface area contributed by atoms with Crippen molar-refractivity contribution >= 4 is 5.69 Å². The van der Waals surface area contributed by atoms with Gasteiger partial charge in [0.1, 0.15) is 0 Å². The van der Waals surface area contributed by atoms with E-state index in [-0.39, 0.29) is 0 Å². The average molecular weight is 339 g/mol. The van der Waals surface area contributed by atoms with E-state index in [0.29, 0.717) is 11.6 Å². The van der Waals surface area contributed by atoms with Crippen LogP contribution in [-0.2, 0) is 13.6 Å². The molecule has 0 radical (unpaired) electrons.